The fourth-order valence-electron chi connectivity index (χ4n) is 3.23. The van der Waals surface area contributed by atoms with Crippen LogP contribution in [-0.2, 0) is 0 Å². The largest absolute Gasteiger partial charge is 0.314 e. The topological polar surface area (TPSA) is 15.3 Å². The van der Waals surface area contributed by atoms with Gasteiger partial charge < -0.3 is 10.2 Å². The summed E-state index contributed by atoms with van der Waals surface area (Å²) in [4.78, 5) is 2.62. The van der Waals surface area contributed by atoms with Crippen molar-refractivity contribution in [2.24, 2.45) is 11.3 Å². The van der Waals surface area contributed by atoms with E-state index in [0.717, 1.165) is 24.0 Å². The molecule has 2 fully saturated rings. The predicted molar refractivity (Wildman–Crippen MR) is 74.2 cm³/mol. The van der Waals surface area contributed by atoms with Gasteiger partial charge in [0.05, 0.1) is 0 Å². The Hall–Kier alpha value is -0.0800. The standard InChI is InChI=1S/C15H30N2/c1-11(15(2,3)4)10-16-12-8-13-6-7-14(9-12)17(13)5/h11-14,16H,6-10H2,1-5H3. The third-order valence-corrected chi connectivity index (χ3v) is 5.29. The second-order valence-electron chi connectivity index (χ2n) is 7.39. The van der Waals surface area contributed by atoms with Crippen LogP contribution in [0.15, 0.2) is 0 Å². The summed E-state index contributed by atoms with van der Waals surface area (Å²) < 4.78 is 0. The first-order chi connectivity index (χ1) is 7.88. The van der Waals surface area contributed by atoms with Crippen LogP contribution in [0.2, 0.25) is 0 Å². The van der Waals surface area contributed by atoms with Crippen LogP contribution >= 0.6 is 0 Å². The first-order valence-corrected chi connectivity index (χ1v) is 7.33. The molecule has 0 amide bonds. The number of hydrogen-bond donors (Lipinski definition) is 1. The molecule has 17 heavy (non-hydrogen) atoms. The molecule has 0 radical (unpaired) electrons. The zero-order valence-electron chi connectivity index (χ0n) is 12.3. The Bertz CT molecular complexity index is 242. The second-order valence-corrected chi connectivity index (χ2v) is 7.39. The van der Waals surface area contributed by atoms with Crippen molar-refractivity contribution in [3.8, 4) is 0 Å². The van der Waals surface area contributed by atoms with Gasteiger partial charge in [0.25, 0.3) is 0 Å². The average molecular weight is 238 g/mol. The van der Waals surface area contributed by atoms with Crippen LogP contribution < -0.4 is 5.32 Å². The lowest BCUT2D eigenvalue weighted by Gasteiger charge is -2.38. The number of nitrogens with one attached hydrogen (secondary N) is 1. The smallest absolute Gasteiger partial charge is 0.0111 e. The molecule has 0 saturated carbocycles. The Labute approximate surface area is 107 Å². The molecule has 1 N–H and O–H groups in total. The highest BCUT2D eigenvalue weighted by atomic mass is 15.2. The molecule has 100 valence electrons. The lowest BCUT2D eigenvalue weighted by molar-refractivity contribution is 0.141. The van der Waals surface area contributed by atoms with Crippen LogP contribution in [0.4, 0.5) is 0 Å². The number of piperidine rings is 1. The molecule has 3 atom stereocenters. The van der Waals surface area contributed by atoms with E-state index in [4.69, 9.17) is 0 Å². The van der Waals surface area contributed by atoms with E-state index in [1.807, 2.05) is 0 Å². The maximum absolute atomic E-state index is 3.82. The maximum Gasteiger partial charge on any atom is 0.0111 e. The molecule has 2 saturated heterocycles. The monoisotopic (exact) mass is 238 g/mol. The van der Waals surface area contributed by atoms with Gasteiger partial charge in [0.2, 0.25) is 0 Å². The minimum absolute atomic E-state index is 0.428. The van der Waals surface area contributed by atoms with E-state index in [-0.39, 0.29) is 0 Å². The summed E-state index contributed by atoms with van der Waals surface area (Å²) in [6.45, 7) is 10.6. The molecule has 0 spiro atoms. The third kappa shape index (κ3) is 3.03. The quantitative estimate of drug-likeness (QED) is 0.813. The summed E-state index contributed by atoms with van der Waals surface area (Å²) in [7, 11) is 2.32. The van der Waals surface area contributed by atoms with Crippen molar-refractivity contribution < 1.29 is 0 Å². The highest BCUT2D eigenvalue weighted by Crippen LogP contribution is 2.34. The highest BCUT2D eigenvalue weighted by Gasteiger charge is 2.38. The number of fused-ring (bicyclic) bond motifs is 2. The third-order valence-electron chi connectivity index (χ3n) is 5.29. The molecular formula is C15H30N2. The second kappa shape index (κ2) is 4.89. The van der Waals surface area contributed by atoms with Gasteiger partial charge in [-0.25, -0.2) is 0 Å². The Morgan fingerprint density at radius 1 is 1.18 bits per heavy atom. The van der Waals surface area contributed by atoms with E-state index in [9.17, 15) is 0 Å². The van der Waals surface area contributed by atoms with Gasteiger partial charge in [-0.05, 0) is 50.6 Å². The summed E-state index contributed by atoms with van der Waals surface area (Å²) in [6.07, 6.45) is 5.58. The summed E-state index contributed by atoms with van der Waals surface area (Å²) in [5.41, 5.74) is 0.428. The van der Waals surface area contributed by atoms with Gasteiger partial charge in [-0.1, -0.05) is 27.7 Å². The van der Waals surface area contributed by atoms with Crippen molar-refractivity contribution in [3.05, 3.63) is 0 Å². The normalized spacial score (nSPS) is 36.2. The fraction of sp³-hybridized carbons (Fsp3) is 1.00. The van der Waals surface area contributed by atoms with Gasteiger partial charge in [-0.15, -0.1) is 0 Å². The van der Waals surface area contributed by atoms with E-state index < -0.39 is 0 Å². The maximum atomic E-state index is 3.82. The van der Waals surface area contributed by atoms with Crippen molar-refractivity contribution in [1.29, 1.82) is 0 Å². The molecule has 2 rings (SSSR count). The SMILES string of the molecule is CC(CNC1CC2CCC(C1)N2C)C(C)(C)C. The van der Waals surface area contributed by atoms with E-state index >= 15 is 0 Å². The fourth-order valence-corrected chi connectivity index (χ4v) is 3.23. The predicted octanol–water partition coefficient (Wildman–Crippen LogP) is 2.88. The van der Waals surface area contributed by atoms with E-state index in [1.54, 1.807) is 0 Å². The Morgan fingerprint density at radius 2 is 1.71 bits per heavy atom. The van der Waals surface area contributed by atoms with Gasteiger partial charge >= 0.3 is 0 Å². The van der Waals surface area contributed by atoms with Crippen molar-refractivity contribution in [3.63, 3.8) is 0 Å². The minimum Gasteiger partial charge on any atom is -0.314 e. The zero-order valence-corrected chi connectivity index (χ0v) is 12.3. The first-order valence-electron chi connectivity index (χ1n) is 7.33. The van der Waals surface area contributed by atoms with Gasteiger partial charge in [0.15, 0.2) is 0 Å². The summed E-state index contributed by atoms with van der Waals surface area (Å²) in [5.74, 6) is 0.750. The number of nitrogens with zero attached hydrogens (tertiary/aromatic N) is 1. The number of rotatable bonds is 3. The molecule has 2 heterocycles. The van der Waals surface area contributed by atoms with Crippen LogP contribution in [0.3, 0.4) is 0 Å². The van der Waals surface area contributed by atoms with Gasteiger partial charge in [0.1, 0.15) is 0 Å². The van der Waals surface area contributed by atoms with Crippen LogP contribution in [0.1, 0.15) is 53.4 Å². The molecule has 2 aliphatic rings. The molecule has 2 bridgehead atoms. The van der Waals surface area contributed by atoms with Crippen molar-refractivity contribution >= 4 is 0 Å². The summed E-state index contributed by atoms with van der Waals surface area (Å²) >= 11 is 0. The lowest BCUT2D eigenvalue weighted by Crippen LogP contribution is -2.48. The molecule has 3 unspecified atom stereocenters. The molecule has 2 heteroatoms. The van der Waals surface area contributed by atoms with Crippen molar-refractivity contribution in [2.75, 3.05) is 13.6 Å². The van der Waals surface area contributed by atoms with Crippen LogP contribution in [0.5, 0.6) is 0 Å². The van der Waals surface area contributed by atoms with Gasteiger partial charge in [0, 0.05) is 18.1 Å². The summed E-state index contributed by atoms with van der Waals surface area (Å²) in [5, 5.41) is 3.82. The Kier molecular flexibility index (Phi) is 3.84. The molecule has 0 aromatic carbocycles. The molecule has 2 nitrogen and oxygen atoms in total. The molecule has 0 aromatic heterocycles. The Balaban J connectivity index is 1.78. The van der Waals surface area contributed by atoms with Crippen LogP contribution in [-0.4, -0.2) is 36.6 Å². The van der Waals surface area contributed by atoms with E-state index in [2.05, 4.69) is 45.0 Å². The highest BCUT2D eigenvalue weighted by molar-refractivity contribution is 4.96. The molecule has 2 aliphatic heterocycles. The molecular weight excluding hydrogens is 208 g/mol. The average Bonchev–Trinajstić information content (AvgIpc) is 2.50. The van der Waals surface area contributed by atoms with E-state index in [0.29, 0.717) is 5.41 Å². The lowest BCUT2D eigenvalue weighted by atomic mass is 9.82. The van der Waals surface area contributed by atoms with Gasteiger partial charge in [-0.3, -0.25) is 0 Å². The number of hydrogen-bond acceptors (Lipinski definition) is 2. The van der Waals surface area contributed by atoms with Crippen LogP contribution in [0.25, 0.3) is 0 Å². The summed E-state index contributed by atoms with van der Waals surface area (Å²) in [6, 6.07) is 2.49. The molecule has 0 aromatic rings. The van der Waals surface area contributed by atoms with Gasteiger partial charge in [-0.2, -0.15) is 0 Å². The molecule has 0 aliphatic carbocycles. The van der Waals surface area contributed by atoms with Crippen molar-refractivity contribution in [2.45, 2.75) is 71.5 Å². The first kappa shape index (κ1) is 13.4. The zero-order chi connectivity index (χ0) is 12.6. The van der Waals surface area contributed by atoms with Crippen molar-refractivity contribution in [1.82, 2.24) is 10.2 Å². The van der Waals surface area contributed by atoms with Crippen LogP contribution in [0, 0.1) is 11.3 Å². The minimum atomic E-state index is 0.428. The Morgan fingerprint density at radius 3 is 2.18 bits per heavy atom. The van der Waals surface area contributed by atoms with E-state index in [1.165, 1.54) is 32.2 Å².